The van der Waals surface area contributed by atoms with Crippen molar-refractivity contribution in [3.8, 4) is 0 Å². The van der Waals surface area contributed by atoms with Crippen LogP contribution in [0.5, 0.6) is 0 Å². The molecule has 0 aliphatic rings. The number of rotatable bonds is 7. The van der Waals surface area contributed by atoms with Crippen molar-refractivity contribution < 1.29 is 9.47 Å². The Morgan fingerprint density at radius 3 is 2.42 bits per heavy atom. The second-order valence-electron chi connectivity index (χ2n) is 2.65. The van der Waals surface area contributed by atoms with Crippen molar-refractivity contribution in [3.05, 3.63) is 0 Å². The molecule has 0 bridgehead atoms. The quantitative estimate of drug-likeness (QED) is 0.459. The summed E-state index contributed by atoms with van der Waals surface area (Å²) in [5.74, 6) is 0. The summed E-state index contributed by atoms with van der Waals surface area (Å²) >= 11 is 5.27. The minimum absolute atomic E-state index is 0.0427. The first-order chi connectivity index (χ1) is 5.70. The van der Waals surface area contributed by atoms with Gasteiger partial charge in [-0.3, -0.25) is 0 Å². The van der Waals surface area contributed by atoms with E-state index in [0.717, 1.165) is 0 Å². The van der Waals surface area contributed by atoms with Crippen molar-refractivity contribution in [2.24, 2.45) is 5.73 Å². The highest BCUT2D eigenvalue weighted by atomic mass is 35.5. The first-order valence-corrected chi connectivity index (χ1v) is 4.35. The molecule has 12 heavy (non-hydrogen) atoms. The summed E-state index contributed by atoms with van der Waals surface area (Å²) in [7, 11) is 0. The number of hydrogen-bond acceptors (Lipinski definition) is 4. The summed E-state index contributed by atoms with van der Waals surface area (Å²) < 4.78 is 10.4. The van der Waals surface area contributed by atoms with Crippen LogP contribution >= 0.6 is 11.8 Å². The Morgan fingerprint density at radius 1 is 1.33 bits per heavy atom. The molecule has 2 unspecified atom stereocenters. The molecule has 0 spiro atoms. The fourth-order valence-electron chi connectivity index (χ4n) is 0.507. The third kappa shape index (κ3) is 6.82. The molecule has 0 aromatic rings. The lowest BCUT2D eigenvalue weighted by Crippen LogP contribution is -2.26. The van der Waals surface area contributed by atoms with Gasteiger partial charge in [0.25, 0.3) is 0 Å². The average molecular weight is 197 g/mol. The van der Waals surface area contributed by atoms with E-state index in [4.69, 9.17) is 27.0 Å². The summed E-state index contributed by atoms with van der Waals surface area (Å²) in [5, 5.41) is 0. The lowest BCUT2D eigenvalue weighted by Gasteiger charge is -2.14. The van der Waals surface area contributed by atoms with Gasteiger partial charge in [-0.05, 0) is 25.6 Å². The molecule has 0 heterocycles. The first kappa shape index (κ1) is 12.1. The van der Waals surface area contributed by atoms with Crippen molar-refractivity contribution in [2.75, 3.05) is 19.9 Å². The Bertz CT molecular complexity index is 105. The predicted molar refractivity (Wildman–Crippen MR) is 48.9 cm³/mol. The van der Waals surface area contributed by atoms with Gasteiger partial charge in [-0.1, -0.05) is 0 Å². The van der Waals surface area contributed by atoms with Crippen molar-refractivity contribution >= 4 is 11.8 Å². The highest BCUT2D eigenvalue weighted by molar-refractivity contribution is 6.13. The molecule has 0 fully saturated rings. The molecule has 4 nitrogen and oxygen atoms in total. The van der Waals surface area contributed by atoms with E-state index in [1.165, 1.54) is 0 Å². The zero-order valence-corrected chi connectivity index (χ0v) is 8.30. The summed E-state index contributed by atoms with van der Waals surface area (Å²) in [6.45, 7) is 5.17. The fourth-order valence-corrected chi connectivity index (χ4v) is 0.725. The third-order valence-electron chi connectivity index (χ3n) is 1.40. The van der Waals surface area contributed by atoms with Crippen LogP contribution in [0.4, 0.5) is 0 Å². The maximum Gasteiger partial charge on any atom is 0.147 e. The third-order valence-corrected chi connectivity index (χ3v) is 1.56. The Kier molecular flexibility index (Phi) is 7.85. The molecule has 0 saturated heterocycles. The molecule has 0 saturated carbocycles. The van der Waals surface area contributed by atoms with Crippen LogP contribution in [0.15, 0.2) is 0 Å². The number of nitrogens with one attached hydrogen (secondary N) is 1. The van der Waals surface area contributed by atoms with Crippen molar-refractivity contribution in [1.82, 2.24) is 4.84 Å². The molecule has 0 aliphatic carbocycles. The van der Waals surface area contributed by atoms with E-state index in [2.05, 4.69) is 4.84 Å². The van der Waals surface area contributed by atoms with Crippen LogP contribution in [0.3, 0.4) is 0 Å². The maximum atomic E-state index is 5.33. The van der Waals surface area contributed by atoms with Crippen LogP contribution in [-0.4, -0.2) is 32.1 Å². The second-order valence-corrected chi connectivity index (χ2v) is 2.91. The molecule has 74 valence electrons. The van der Waals surface area contributed by atoms with E-state index in [0.29, 0.717) is 13.1 Å². The minimum Gasteiger partial charge on any atom is -0.351 e. The van der Waals surface area contributed by atoms with Gasteiger partial charge in [0, 0.05) is 13.1 Å². The Labute approximate surface area is 78.5 Å². The number of hydrogen-bond donors (Lipinski definition) is 2. The van der Waals surface area contributed by atoms with Crippen LogP contribution in [0.25, 0.3) is 0 Å². The van der Waals surface area contributed by atoms with Gasteiger partial charge in [-0.25, -0.2) is 4.84 Å². The number of ether oxygens (including phenoxy) is 2. The lowest BCUT2D eigenvalue weighted by atomic mass is 10.4. The molecule has 0 amide bonds. The zero-order chi connectivity index (χ0) is 9.40. The standard InChI is InChI=1S/C7H17ClN2O2/c1-6(3-9)11-5-12-7(2)4-10-8/h6-7,10H,3-5,9H2,1-2H3. The van der Waals surface area contributed by atoms with Crippen LogP contribution in [-0.2, 0) is 9.47 Å². The molecule has 0 aromatic carbocycles. The summed E-state index contributed by atoms with van der Waals surface area (Å²) in [4.78, 5) is 2.49. The molecule has 5 heteroatoms. The fraction of sp³-hybridized carbons (Fsp3) is 1.00. The summed E-state index contributed by atoms with van der Waals surface area (Å²) in [6, 6.07) is 0. The molecular formula is C7H17ClN2O2. The van der Waals surface area contributed by atoms with Crippen LogP contribution < -0.4 is 10.6 Å². The predicted octanol–water partition coefficient (Wildman–Crippen LogP) is 0.456. The van der Waals surface area contributed by atoms with E-state index in [-0.39, 0.29) is 19.0 Å². The lowest BCUT2D eigenvalue weighted by molar-refractivity contribution is -0.104. The van der Waals surface area contributed by atoms with Crippen molar-refractivity contribution in [1.29, 1.82) is 0 Å². The van der Waals surface area contributed by atoms with E-state index < -0.39 is 0 Å². The van der Waals surface area contributed by atoms with E-state index in [1.807, 2.05) is 13.8 Å². The summed E-state index contributed by atoms with van der Waals surface area (Å²) in [5.41, 5.74) is 5.33. The Morgan fingerprint density at radius 2 is 1.92 bits per heavy atom. The zero-order valence-electron chi connectivity index (χ0n) is 7.55. The molecule has 2 atom stereocenters. The van der Waals surface area contributed by atoms with Gasteiger partial charge in [-0.15, -0.1) is 0 Å². The van der Waals surface area contributed by atoms with Gasteiger partial charge in [0.05, 0.1) is 12.2 Å². The highest BCUT2D eigenvalue weighted by Crippen LogP contribution is 1.93. The van der Waals surface area contributed by atoms with Gasteiger partial charge in [0.2, 0.25) is 0 Å². The second kappa shape index (κ2) is 7.76. The number of nitrogens with two attached hydrogens (primary N) is 1. The molecular weight excluding hydrogens is 180 g/mol. The molecule has 0 aromatic heterocycles. The Balaban J connectivity index is 3.18. The van der Waals surface area contributed by atoms with Crippen LogP contribution in [0.1, 0.15) is 13.8 Å². The highest BCUT2D eigenvalue weighted by Gasteiger charge is 2.02. The van der Waals surface area contributed by atoms with Gasteiger partial charge in [-0.2, -0.15) is 0 Å². The van der Waals surface area contributed by atoms with E-state index in [9.17, 15) is 0 Å². The molecule has 3 N–H and O–H groups in total. The number of halogens is 1. The monoisotopic (exact) mass is 196 g/mol. The van der Waals surface area contributed by atoms with Crippen molar-refractivity contribution in [2.45, 2.75) is 26.1 Å². The van der Waals surface area contributed by atoms with Crippen LogP contribution in [0.2, 0.25) is 0 Å². The van der Waals surface area contributed by atoms with E-state index in [1.54, 1.807) is 0 Å². The Hall–Kier alpha value is 0.130. The van der Waals surface area contributed by atoms with Crippen LogP contribution in [0, 0.1) is 0 Å². The van der Waals surface area contributed by atoms with Gasteiger partial charge in [0.1, 0.15) is 6.79 Å². The topological polar surface area (TPSA) is 56.5 Å². The largest absolute Gasteiger partial charge is 0.351 e. The average Bonchev–Trinajstić information content (AvgIpc) is 2.04. The smallest absolute Gasteiger partial charge is 0.147 e. The van der Waals surface area contributed by atoms with Gasteiger partial charge in [0.15, 0.2) is 0 Å². The normalized spacial score (nSPS) is 16.0. The molecule has 0 radical (unpaired) electrons. The molecule has 0 rings (SSSR count). The SMILES string of the molecule is CC(CN)OCOC(C)CNCl. The first-order valence-electron chi connectivity index (χ1n) is 3.97. The van der Waals surface area contributed by atoms with E-state index >= 15 is 0 Å². The maximum absolute atomic E-state index is 5.33. The van der Waals surface area contributed by atoms with Gasteiger partial charge >= 0.3 is 0 Å². The van der Waals surface area contributed by atoms with Crippen molar-refractivity contribution in [3.63, 3.8) is 0 Å². The molecule has 0 aliphatic heterocycles. The van der Waals surface area contributed by atoms with Gasteiger partial charge < -0.3 is 15.2 Å². The minimum atomic E-state index is 0.0427. The summed E-state index contributed by atoms with van der Waals surface area (Å²) in [6.07, 6.45) is 0.0913.